The van der Waals surface area contributed by atoms with E-state index in [1.807, 2.05) is 0 Å². The summed E-state index contributed by atoms with van der Waals surface area (Å²) >= 11 is 0. The average Bonchev–Trinajstić information content (AvgIpc) is 2.56. The van der Waals surface area contributed by atoms with Gasteiger partial charge in [0.25, 0.3) is 0 Å². The van der Waals surface area contributed by atoms with Crippen molar-refractivity contribution < 1.29 is 19.1 Å². The van der Waals surface area contributed by atoms with Crippen LogP contribution in [0.25, 0.3) is 11.1 Å². The number of aromatic nitrogens is 2. The van der Waals surface area contributed by atoms with E-state index >= 15 is 0 Å². The summed E-state index contributed by atoms with van der Waals surface area (Å²) in [6.45, 7) is 0. The Balaban J connectivity index is 2.81. The Labute approximate surface area is 82.3 Å². The maximum absolute atomic E-state index is 10.9. The molecule has 0 aliphatic rings. The Morgan fingerprint density at radius 3 is 3.00 bits per heavy atom. The van der Waals surface area contributed by atoms with Crippen molar-refractivity contribution in [3.63, 3.8) is 0 Å². The largest absolute Gasteiger partial charge is 0.479 e. The summed E-state index contributed by atoms with van der Waals surface area (Å²) in [5.41, 5.74) is 0.0962. The highest BCUT2D eigenvalue weighted by Gasteiger charge is 2.14. The number of nitrogens with one attached hydrogen (secondary N) is 1. The number of aromatic amines is 1. The van der Waals surface area contributed by atoms with Crippen LogP contribution in [0.1, 0.15) is 10.5 Å². The molecule has 0 saturated heterocycles. The summed E-state index contributed by atoms with van der Waals surface area (Å²) in [6, 6.07) is 1.15. The molecule has 15 heavy (non-hydrogen) atoms. The zero-order valence-corrected chi connectivity index (χ0v) is 7.60. The van der Waals surface area contributed by atoms with Gasteiger partial charge in [0.15, 0.2) is 16.8 Å². The van der Waals surface area contributed by atoms with Crippen LogP contribution in [-0.2, 0) is 0 Å². The lowest BCUT2D eigenvalue weighted by Crippen LogP contribution is -2.02. The number of rotatable bonds is 2. The number of nitrogens with zero attached hydrogens (tertiary/aromatic N) is 1. The second kappa shape index (κ2) is 3.12. The Morgan fingerprint density at radius 2 is 2.40 bits per heavy atom. The third kappa shape index (κ3) is 1.43. The van der Waals surface area contributed by atoms with Gasteiger partial charge in [-0.2, -0.15) is 0 Å². The molecule has 7 heteroatoms. The number of carboxylic acid groups (broad SMARTS) is 1. The van der Waals surface area contributed by atoms with Gasteiger partial charge in [0.2, 0.25) is 5.88 Å². The van der Waals surface area contributed by atoms with Crippen LogP contribution in [0.15, 0.2) is 15.3 Å². The van der Waals surface area contributed by atoms with E-state index < -0.39 is 11.7 Å². The first kappa shape index (κ1) is 9.25. The molecule has 2 rings (SSSR count). The minimum atomic E-state index is -1.22. The number of fused-ring (bicyclic) bond motifs is 1. The van der Waals surface area contributed by atoms with Crippen LogP contribution in [0, 0.1) is 0 Å². The maximum Gasteiger partial charge on any atom is 0.417 e. The number of hydrogen-bond donors (Lipinski definition) is 2. The second-order valence-corrected chi connectivity index (χ2v) is 2.71. The van der Waals surface area contributed by atoms with Gasteiger partial charge >= 0.3 is 11.7 Å². The summed E-state index contributed by atoms with van der Waals surface area (Å²) in [4.78, 5) is 27.6. The maximum atomic E-state index is 10.9. The molecule has 0 radical (unpaired) electrons. The predicted molar refractivity (Wildman–Crippen MR) is 48.1 cm³/mol. The van der Waals surface area contributed by atoms with Crippen molar-refractivity contribution in [2.75, 3.05) is 7.11 Å². The van der Waals surface area contributed by atoms with Crippen molar-refractivity contribution in [3.8, 4) is 5.88 Å². The van der Waals surface area contributed by atoms with Gasteiger partial charge in [-0.25, -0.2) is 14.6 Å². The van der Waals surface area contributed by atoms with Crippen molar-refractivity contribution >= 4 is 17.1 Å². The number of oxazole rings is 1. The highest BCUT2D eigenvalue weighted by Crippen LogP contribution is 2.21. The predicted octanol–water partition coefficient (Wildman–Crippen LogP) is 0.223. The number of H-pyrrole nitrogens is 1. The van der Waals surface area contributed by atoms with Gasteiger partial charge in [-0.15, -0.1) is 0 Å². The molecule has 0 atom stereocenters. The average molecular weight is 210 g/mol. The smallest absolute Gasteiger partial charge is 0.417 e. The number of aromatic carboxylic acids is 1. The van der Waals surface area contributed by atoms with Crippen LogP contribution in [0.3, 0.4) is 0 Å². The molecule has 2 aromatic rings. The van der Waals surface area contributed by atoms with Gasteiger partial charge in [-0.05, 0) is 0 Å². The van der Waals surface area contributed by atoms with E-state index in [0.29, 0.717) is 0 Å². The van der Waals surface area contributed by atoms with Crippen molar-refractivity contribution in [1.82, 2.24) is 9.97 Å². The zero-order valence-electron chi connectivity index (χ0n) is 7.60. The number of carboxylic acids is 1. The number of ether oxygens (including phenoxy) is 1. The highest BCUT2D eigenvalue weighted by molar-refractivity contribution is 5.90. The van der Waals surface area contributed by atoms with Crippen LogP contribution in [0.5, 0.6) is 5.88 Å². The van der Waals surface area contributed by atoms with E-state index in [1.54, 1.807) is 0 Å². The fraction of sp³-hybridized carbons (Fsp3) is 0.125. The van der Waals surface area contributed by atoms with Crippen molar-refractivity contribution in [3.05, 3.63) is 22.3 Å². The summed E-state index contributed by atoms with van der Waals surface area (Å²) in [5, 5.41) is 8.72. The normalized spacial score (nSPS) is 10.5. The van der Waals surface area contributed by atoms with E-state index in [1.165, 1.54) is 7.11 Å². The molecule has 0 aliphatic carbocycles. The molecule has 0 saturated carbocycles. The number of methoxy groups -OCH3 is 1. The van der Waals surface area contributed by atoms with Crippen LogP contribution < -0.4 is 10.5 Å². The summed E-state index contributed by atoms with van der Waals surface area (Å²) < 4.78 is 9.53. The van der Waals surface area contributed by atoms with Gasteiger partial charge in [0.05, 0.1) is 7.11 Å². The highest BCUT2D eigenvalue weighted by atomic mass is 16.5. The monoisotopic (exact) mass is 210 g/mol. The molecule has 0 aliphatic heterocycles. The molecule has 7 nitrogen and oxygen atoms in total. The van der Waals surface area contributed by atoms with Crippen molar-refractivity contribution in [2.45, 2.75) is 0 Å². The van der Waals surface area contributed by atoms with Crippen LogP contribution in [0.4, 0.5) is 0 Å². The molecule has 0 aromatic carbocycles. The summed E-state index contributed by atoms with van der Waals surface area (Å²) in [7, 11) is 1.32. The first-order valence-corrected chi connectivity index (χ1v) is 3.93. The lowest BCUT2D eigenvalue weighted by Gasteiger charge is -2.00. The van der Waals surface area contributed by atoms with Gasteiger partial charge in [-0.1, -0.05) is 0 Å². The Kier molecular flexibility index (Phi) is 1.93. The van der Waals surface area contributed by atoms with Crippen molar-refractivity contribution in [1.29, 1.82) is 0 Å². The van der Waals surface area contributed by atoms with Crippen LogP contribution in [0.2, 0.25) is 0 Å². The van der Waals surface area contributed by atoms with Gasteiger partial charge in [0.1, 0.15) is 0 Å². The molecule has 0 amide bonds. The molecule has 0 spiro atoms. The van der Waals surface area contributed by atoms with Crippen LogP contribution >= 0.6 is 0 Å². The molecule has 2 heterocycles. The molecule has 2 aromatic heterocycles. The first-order chi connectivity index (χ1) is 7.11. The number of carbonyl (C=O) groups is 1. The lowest BCUT2D eigenvalue weighted by molar-refractivity contribution is 0.0689. The Morgan fingerprint density at radius 1 is 1.67 bits per heavy atom. The minimum absolute atomic E-state index is 0.00995. The van der Waals surface area contributed by atoms with Gasteiger partial charge < -0.3 is 14.3 Å². The molecular formula is C8H6N2O5. The third-order valence-corrected chi connectivity index (χ3v) is 1.79. The fourth-order valence-corrected chi connectivity index (χ4v) is 1.18. The van der Waals surface area contributed by atoms with Crippen molar-refractivity contribution in [2.24, 2.45) is 0 Å². The molecular weight excluding hydrogens is 204 g/mol. The van der Waals surface area contributed by atoms with E-state index in [2.05, 4.69) is 9.97 Å². The third-order valence-electron chi connectivity index (χ3n) is 1.79. The minimum Gasteiger partial charge on any atom is -0.479 e. The lowest BCUT2D eigenvalue weighted by atomic mass is 10.3. The van der Waals surface area contributed by atoms with E-state index in [4.69, 9.17) is 14.3 Å². The Bertz CT molecular complexity index is 582. The molecule has 78 valence electrons. The molecule has 0 unspecified atom stereocenters. The number of pyridine rings is 1. The standard InChI is InChI=1S/C8H6N2O5/c1-14-6-5-4(15-8(13)10-5)2-3(9-6)7(11)12/h2H,1H3,(H,10,13)(H,11,12). The second-order valence-electron chi connectivity index (χ2n) is 2.71. The first-order valence-electron chi connectivity index (χ1n) is 3.93. The van der Waals surface area contributed by atoms with E-state index in [9.17, 15) is 9.59 Å². The topological polar surface area (TPSA) is 105 Å². The molecule has 0 bridgehead atoms. The van der Waals surface area contributed by atoms with Crippen LogP contribution in [-0.4, -0.2) is 28.2 Å². The van der Waals surface area contributed by atoms with E-state index in [-0.39, 0.29) is 22.7 Å². The molecule has 2 N–H and O–H groups in total. The zero-order chi connectivity index (χ0) is 11.0. The van der Waals surface area contributed by atoms with Gasteiger partial charge in [-0.3, -0.25) is 4.98 Å². The quantitative estimate of drug-likeness (QED) is 0.734. The summed E-state index contributed by atoms with van der Waals surface area (Å²) in [5.74, 6) is -1.90. The van der Waals surface area contributed by atoms with E-state index in [0.717, 1.165) is 6.07 Å². The SMILES string of the molecule is COc1nc(C(=O)O)cc2oc(=O)[nH]c12. The number of hydrogen-bond acceptors (Lipinski definition) is 5. The molecule has 0 fully saturated rings. The summed E-state index contributed by atoms with van der Waals surface area (Å²) in [6.07, 6.45) is 0. The van der Waals surface area contributed by atoms with Gasteiger partial charge in [0, 0.05) is 6.07 Å². The fourth-order valence-electron chi connectivity index (χ4n) is 1.18. The Hall–Kier alpha value is -2.31.